The Morgan fingerprint density at radius 2 is 2.00 bits per heavy atom. The van der Waals surface area contributed by atoms with Crippen LogP contribution in [0.5, 0.6) is 0 Å². The van der Waals surface area contributed by atoms with Crippen LogP contribution < -0.4 is 10.5 Å². The molecule has 2 aromatic heterocycles. The second-order valence-corrected chi connectivity index (χ2v) is 6.25. The molecule has 0 saturated heterocycles. The van der Waals surface area contributed by atoms with Gasteiger partial charge in [-0.05, 0) is 20.8 Å². The monoisotopic (exact) mass is 298 g/mol. The van der Waals surface area contributed by atoms with Crippen LogP contribution >= 0.6 is 0 Å². The zero-order chi connectivity index (χ0) is 15.1. The van der Waals surface area contributed by atoms with Crippen molar-refractivity contribution in [3.63, 3.8) is 0 Å². The Morgan fingerprint density at radius 3 is 2.50 bits per heavy atom. The number of rotatable bonds is 4. The Balaban J connectivity index is 2.49. The first-order chi connectivity index (χ1) is 9.26. The first-order valence-corrected chi connectivity index (χ1v) is 7.56. The molecule has 0 unspecified atom stereocenters. The van der Waals surface area contributed by atoms with Gasteiger partial charge in [0.05, 0.1) is 11.4 Å². The molecule has 0 aliphatic rings. The number of anilines is 1. The van der Waals surface area contributed by atoms with Crippen LogP contribution in [0.15, 0.2) is 15.5 Å². The van der Waals surface area contributed by atoms with Gasteiger partial charge >= 0.3 is 0 Å². The molecule has 0 amide bonds. The highest BCUT2D eigenvalue weighted by Gasteiger charge is 2.27. The third-order valence-electron chi connectivity index (χ3n) is 3.06. The summed E-state index contributed by atoms with van der Waals surface area (Å²) in [5.74, 6) is 0.852. The number of nitrogens with two attached hydrogens (primary N) is 1. The molecule has 0 bridgehead atoms. The summed E-state index contributed by atoms with van der Waals surface area (Å²) in [6.45, 7) is 5.14. The molecule has 0 radical (unpaired) electrons. The number of hydrogen-bond donors (Lipinski definition) is 2. The summed E-state index contributed by atoms with van der Waals surface area (Å²) in [5.41, 5.74) is 7.16. The Labute approximate surface area is 117 Å². The minimum Gasteiger partial charge on any atom is -0.465 e. The summed E-state index contributed by atoms with van der Waals surface area (Å²) in [7, 11) is -2.03. The minimum atomic E-state index is -3.75. The highest BCUT2D eigenvalue weighted by atomic mass is 32.2. The molecule has 3 N–H and O–H groups in total. The van der Waals surface area contributed by atoms with Crippen molar-refractivity contribution in [1.82, 2.24) is 9.78 Å². The molecular formula is C12H18N4O3S. The van der Waals surface area contributed by atoms with Crippen molar-refractivity contribution in [2.75, 3.05) is 4.72 Å². The molecule has 20 heavy (non-hydrogen) atoms. The maximum absolute atomic E-state index is 12.5. The molecular weight excluding hydrogens is 280 g/mol. The number of sulfonamides is 1. The van der Waals surface area contributed by atoms with E-state index in [0.29, 0.717) is 28.5 Å². The molecule has 8 heteroatoms. The predicted octanol–water partition coefficient (Wildman–Crippen LogP) is 1.20. The maximum atomic E-state index is 12.5. The Bertz CT molecular complexity index is 743. The minimum absolute atomic E-state index is 0.103. The summed E-state index contributed by atoms with van der Waals surface area (Å²) in [5, 5.41) is 4.10. The normalized spacial score (nSPS) is 11.8. The molecule has 0 saturated carbocycles. The van der Waals surface area contributed by atoms with Crippen molar-refractivity contribution < 1.29 is 12.8 Å². The van der Waals surface area contributed by atoms with Gasteiger partial charge in [-0.2, -0.15) is 5.10 Å². The zero-order valence-corrected chi connectivity index (χ0v) is 12.7. The van der Waals surface area contributed by atoms with E-state index in [1.54, 1.807) is 38.7 Å². The lowest BCUT2D eigenvalue weighted by Crippen LogP contribution is -2.16. The van der Waals surface area contributed by atoms with Crippen LogP contribution in [0.2, 0.25) is 0 Å². The van der Waals surface area contributed by atoms with Crippen LogP contribution in [0.3, 0.4) is 0 Å². The number of aryl methyl sites for hydroxylation is 4. The fraction of sp³-hybridized carbons (Fsp3) is 0.417. The Hall–Kier alpha value is -1.80. The lowest BCUT2D eigenvalue weighted by atomic mass is 10.2. The lowest BCUT2D eigenvalue weighted by Gasteiger charge is -2.07. The van der Waals surface area contributed by atoms with Crippen molar-refractivity contribution >= 4 is 15.7 Å². The van der Waals surface area contributed by atoms with Crippen LogP contribution in [0.25, 0.3) is 0 Å². The molecule has 0 spiro atoms. The van der Waals surface area contributed by atoms with Gasteiger partial charge in [0.15, 0.2) is 0 Å². The smallest absolute Gasteiger partial charge is 0.265 e. The highest BCUT2D eigenvalue weighted by molar-refractivity contribution is 7.92. The molecule has 0 aromatic carbocycles. The van der Waals surface area contributed by atoms with Gasteiger partial charge in [-0.1, -0.05) is 0 Å². The fourth-order valence-corrected chi connectivity index (χ4v) is 3.76. The molecule has 2 heterocycles. The molecule has 0 fully saturated rings. The van der Waals surface area contributed by atoms with Crippen LogP contribution in [0, 0.1) is 20.8 Å². The number of furan rings is 1. The summed E-state index contributed by atoms with van der Waals surface area (Å²) in [6, 6.07) is 0. The number of nitrogens with zero attached hydrogens (tertiary/aromatic N) is 2. The van der Waals surface area contributed by atoms with E-state index >= 15 is 0 Å². The van der Waals surface area contributed by atoms with Crippen molar-refractivity contribution in [3.8, 4) is 0 Å². The van der Waals surface area contributed by atoms with Crippen LogP contribution in [-0.4, -0.2) is 18.2 Å². The van der Waals surface area contributed by atoms with E-state index in [9.17, 15) is 8.42 Å². The quantitative estimate of drug-likeness (QED) is 0.882. The summed E-state index contributed by atoms with van der Waals surface area (Å²) in [6.07, 6.45) is 1.61. The van der Waals surface area contributed by atoms with E-state index in [1.807, 2.05) is 0 Å². The number of aromatic nitrogens is 2. The first-order valence-electron chi connectivity index (χ1n) is 6.08. The van der Waals surface area contributed by atoms with Gasteiger partial charge in [0.1, 0.15) is 16.4 Å². The molecule has 7 nitrogen and oxygen atoms in total. The Kier molecular flexibility index (Phi) is 3.61. The van der Waals surface area contributed by atoms with E-state index in [4.69, 9.17) is 10.2 Å². The summed E-state index contributed by atoms with van der Waals surface area (Å²) >= 11 is 0. The number of nitrogens with one attached hydrogen (secondary N) is 1. The van der Waals surface area contributed by atoms with E-state index in [2.05, 4.69) is 9.82 Å². The van der Waals surface area contributed by atoms with Gasteiger partial charge in [0.2, 0.25) is 0 Å². The predicted molar refractivity (Wildman–Crippen MR) is 74.8 cm³/mol. The van der Waals surface area contributed by atoms with Crippen molar-refractivity contribution in [1.29, 1.82) is 0 Å². The third kappa shape index (κ3) is 2.44. The largest absolute Gasteiger partial charge is 0.465 e. The maximum Gasteiger partial charge on any atom is 0.265 e. The van der Waals surface area contributed by atoms with Gasteiger partial charge in [0, 0.05) is 25.4 Å². The van der Waals surface area contributed by atoms with Gasteiger partial charge in [-0.25, -0.2) is 8.42 Å². The Morgan fingerprint density at radius 1 is 1.35 bits per heavy atom. The van der Waals surface area contributed by atoms with E-state index in [-0.39, 0.29) is 11.4 Å². The molecule has 2 rings (SSSR count). The third-order valence-corrected chi connectivity index (χ3v) is 4.62. The van der Waals surface area contributed by atoms with Gasteiger partial charge in [-0.15, -0.1) is 0 Å². The van der Waals surface area contributed by atoms with Crippen molar-refractivity contribution in [2.24, 2.45) is 12.8 Å². The molecule has 0 aliphatic carbocycles. The van der Waals surface area contributed by atoms with E-state index in [1.165, 1.54) is 0 Å². The second-order valence-electron chi connectivity index (χ2n) is 4.63. The molecule has 110 valence electrons. The molecule has 0 aliphatic heterocycles. The van der Waals surface area contributed by atoms with E-state index < -0.39 is 10.0 Å². The number of hydrogen-bond acceptors (Lipinski definition) is 5. The van der Waals surface area contributed by atoms with Crippen molar-refractivity contribution in [3.05, 3.63) is 29.0 Å². The first kappa shape index (κ1) is 14.6. The second kappa shape index (κ2) is 4.95. The van der Waals surface area contributed by atoms with Crippen LogP contribution in [0.1, 0.15) is 22.8 Å². The fourth-order valence-electron chi connectivity index (χ4n) is 2.19. The van der Waals surface area contributed by atoms with E-state index in [0.717, 1.165) is 0 Å². The molecule has 2 aromatic rings. The lowest BCUT2D eigenvalue weighted by molar-refractivity contribution is 0.494. The highest BCUT2D eigenvalue weighted by Crippen LogP contribution is 2.28. The standard InChI is InChI=1S/C12H18N4O3S/c1-7-11(6-16(4)14-7)15-20(17,18)12-9(3)19-8(2)10(12)5-13/h6,15H,5,13H2,1-4H3. The molecule has 0 atom stereocenters. The van der Waals surface area contributed by atoms with Gasteiger partial charge in [-0.3, -0.25) is 9.40 Å². The van der Waals surface area contributed by atoms with Crippen LogP contribution in [0.4, 0.5) is 5.69 Å². The SMILES string of the molecule is Cc1nn(C)cc1NS(=O)(=O)c1c(C)oc(C)c1CN. The summed E-state index contributed by atoms with van der Waals surface area (Å²) in [4.78, 5) is 0.112. The average Bonchev–Trinajstić information content (AvgIpc) is 2.78. The van der Waals surface area contributed by atoms with Crippen molar-refractivity contribution in [2.45, 2.75) is 32.2 Å². The van der Waals surface area contributed by atoms with Gasteiger partial charge in [0.25, 0.3) is 10.0 Å². The van der Waals surface area contributed by atoms with Gasteiger partial charge < -0.3 is 10.2 Å². The summed E-state index contributed by atoms with van der Waals surface area (Å²) < 4.78 is 34.5. The average molecular weight is 298 g/mol. The topological polar surface area (TPSA) is 103 Å². The van der Waals surface area contributed by atoms with Crippen LogP contribution in [-0.2, 0) is 23.6 Å². The zero-order valence-electron chi connectivity index (χ0n) is 11.9.